The summed E-state index contributed by atoms with van der Waals surface area (Å²) in [6.07, 6.45) is 2.31. The second-order valence-electron chi connectivity index (χ2n) is 4.95. The Morgan fingerprint density at radius 3 is 2.83 bits per heavy atom. The molecule has 0 heterocycles. The predicted octanol–water partition coefficient (Wildman–Crippen LogP) is 1.81. The van der Waals surface area contributed by atoms with Crippen LogP contribution in [0.2, 0.25) is 0 Å². The van der Waals surface area contributed by atoms with Crippen molar-refractivity contribution in [3.05, 3.63) is 35.1 Å². The lowest BCUT2D eigenvalue weighted by Crippen LogP contribution is -2.39. The summed E-state index contributed by atoms with van der Waals surface area (Å²) in [5.41, 5.74) is 6.39. The summed E-state index contributed by atoms with van der Waals surface area (Å²) in [4.78, 5) is 0. The van der Waals surface area contributed by atoms with Crippen LogP contribution >= 0.6 is 0 Å². The zero-order valence-corrected chi connectivity index (χ0v) is 10.4. The van der Waals surface area contributed by atoms with Crippen molar-refractivity contribution < 1.29 is 9.60 Å². The first-order chi connectivity index (χ1) is 8.60. The third-order valence-corrected chi connectivity index (χ3v) is 3.41. The van der Waals surface area contributed by atoms with E-state index >= 15 is 0 Å². The van der Waals surface area contributed by atoms with Crippen molar-refractivity contribution in [1.82, 2.24) is 5.32 Å². The molecule has 0 unspecified atom stereocenters. The number of rotatable bonds is 4. The van der Waals surface area contributed by atoms with Crippen molar-refractivity contribution in [1.29, 1.82) is 0 Å². The van der Waals surface area contributed by atoms with Gasteiger partial charge >= 0.3 is 0 Å². The number of nitrogens with one attached hydrogen (secondary N) is 1. The topological polar surface area (TPSA) is 70.6 Å². The van der Waals surface area contributed by atoms with Gasteiger partial charge in [-0.05, 0) is 24.8 Å². The highest BCUT2D eigenvalue weighted by atomic mass is 19.1. The minimum atomic E-state index is -0.334. The highest BCUT2D eigenvalue weighted by Gasteiger charge is 2.24. The number of halogens is 1. The van der Waals surface area contributed by atoms with E-state index in [1.807, 2.05) is 0 Å². The molecule has 1 saturated carbocycles. The molecule has 1 aliphatic carbocycles. The van der Waals surface area contributed by atoms with Gasteiger partial charge in [-0.25, -0.2) is 4.39 Å². The van der Waals surface area contributed by atoms with E-state index in [-0.39, 0.29) is 11.7 Å². The van der Waals surface area contributed by atoms with Gasteiger partial charge in [0.15, 0.2) is 5.84 Å². The molecule has 0 spiro atoms. The van der Waals surface area contributed by atoms with Crippen LogP contribution < -0.4 is 11.1 Å². The Balaban J connectivity index is 1.97. The van der Waals surface area contributed by atoms with Crippen LogP contribution in [0.4, 0.5) is 4.39 Å². The van der Waals surface area contributed by atoms with Gasteiger partial charge in [0, 0.05) is 23.7 Å². The van der Waals surface area contributed by atoms with E-state index < -0.39 is 0 Å². The van der Waals surface area contributed by atoms with Crippen LogP contribution in [0.3, 0.4) is 0 Å². The third kappa shape index (κ3) is 2.79. The Bertz CT molecular complexity index is 456. The summed E-state index contributed by atoms with van der Waals surface area (Å²) in [6.45, 7) is 2.73. The average Bonchev–Trinajstić information content (AvgIpc) is 2.33. The van der Waals surface area contributed by atoms with Crippen LogP contribution in [-0.2, 0) is 6.54 Å². The standard InChI is InChI=1S/C13H18FN3O/c1-8-4-11(5-8)16-7-10-3-2-9(6-12(10)14)13(15)17-18/h2-3,6,8,11,16,18H,4-5,7H2,1H3,(H2,15,17). The largest absolute Gasteiger partial charge is 0.409 e. The van der Waals surface area contributed by atoms with Crippen LogP contribution in [0.1, 0.15) is 30.9 Å². The van der Waals surface area contributed by atoms with Crippen LogP contribution in [0, 0.1) is 11.7 Å². The van der Waals surface area contributed by atoms with Gasteiger partial charge in [0.05, 0.1) is 0 Å². The van der Waals surface area contributed by atoms with Gasteiger partial charge in [-0.15, -0.1) is 0 Å². The monoisotopic (exact) mass is 251 g/mol. The van der Waals surface area contributed by atoms with E-state index in [1.165, 1.54) is 6.07 Å². The number of benzene rings is 1. The Morgan fingerprint density at radius 1 is 1.56 bits per heavy atom. The van der Waals surface area contributed by atoms with Gasteiger partial charge in [-0.1, -0.05) is 24.2 Å². The zero-order valence-electron chi connectivity index (χ0n) is 10.4. The normalized spacial score (nSPS) is 23.8. The Hall–Kier alpha value is -1.62. The highest BCUT2D eigenvalue weighted by Crippen LogP contribution is 2.26. The number of hydrogen-bond donors (Lipinski definition) is 3. The average molecular weight is 251 g/mol. The summed E-state index contributed by atoms with van der Waals surface area (Å²) in [7, 11) is 0. The fraction of sp³-hybridized carbons (Fsp3) is 0.462. The molecular weight excluding hydrogens is 233 g/mol. The second-order valence-corrected chi connectivity index (χ2v) is 4.95. The Labute approximate surface area is 106 Å². The van der Waals surface area contributed by atoms with E-state index in [0.29, 0.717) is 23.7 Å². The maximum absolute atomic E-state index is 13.8. The number of oxime groups is 1. The van der Waals surface area contributed by atoms with Crippen LogP contribution in [0.15, 0.2) is 23.4 Å². The molecule has 0 bridgehead atoms. The summed E-state index contributed by atoms with van der Waals surface area (Å²) in [5.74, 6) is 0.357. The molecule has 2 rings (SSSR count). The maximum Gasteiger partial charge on any atom is 0.170 e. The number of nitrogens with two attached hydrogens (primary N) is 1. The fourth-order valence-electron chi connectivity index (χ4n) is 2.23. The van der Waals surface area contributed by atoms with Gasteiger partial charge in [0.2, 0.25) is 0 Å². The number of amidine groups is 1. The van der Waals surface area contributed by atoms with Crippen LogP contribution in [0.5, 0.6) is 0 Å². The lowest BCUT2D eigenvalue weighted by Gasteiger charge is -2.33. The minimum Gasteiger partial charge on any atom is -0.409 e. The van der Waals surface area contributed by atoms with Gasteiger partial charge in [-0.3, -0.25) is 0 Å². The molecule has 5 heteroatoms. The molecule has 1 aliphatic rings. The molecular formula is C13H18FN3O. The maximum atomic E-state index is 13.8. The molecule has 0 saturated heterocycles. The Morgan fingerprint density at radius 2 is 2.28 bits per heavy atom. The van der Waals surface area contributed by atoms with Crippen molar-refractivity contribution in [2.75, 3.05) is 0 Å². The number of hydrogen-bond acceptors (Lipinski definition) is 3. The first-order valence-corrected chi connectivity index (χ1v) is 6.10. The lowest BCUT2D eigenvalue weighted by molar-refractivity contribution is 0.239. The lowest BCUT2D eigenvalue weighted by atomic mass is 9.82. The van der Waals surface area contributed by atoms with E-state index in [9.17, 15) is 4.39 Å². The van der Waals surface area contributed by atoms with Gasteiger partial charge in [0.1, 0.15) is 5.82 Å². The molecule has 1 aromatic carbocycles. The molecule has 0 atom stereocenters. The molecule has 18 heavy (non-hydrogen) atoms. The molecule has 4 nitrogen and oxygen atoms in total. The first kappa shape index (κ1) is 12.8. The molecule has 1 aromatic rings. The molecule has 0 radical (unpaired) electrons. The van der Waals surface area contributed by atoms with E-state index in [2.05, 4.69) is 17.4 Å². The number of nitrogens with zero attached hydrogens (tertiary/aromatic N) is 1. The summed E-state index contributed by atoms with van der Waals surface area (Å²) >= 11 is 0. The van der Waals surface area contributed by atoms with Crippen molar-refractivity contribution in [2.24, 2.45) is 16.8 Å². The quantitative estimate of drug-likeness (QED) is 0.331. The van der Waals surface area contributed by atoms with Crippen molar-refractivity contribution in [3.8, 4) is 0 Å². The first-order valence-electron chi connectivity index (χ1n) is 6.10. The van der Waals surface area contributed by atoms with Gasteiger partial charge in [0.25, 0.3) is 0 Å². The molecule has 0 aliphatic heterocycles. The van der Waals surface area contributed by atoms with Gasteiger partial charge < -0.3 is 16.3 Å². The highest BCUT2D eigenvalue weighted by molar-refractivity contribution is 5.97. The molecule has 1 fully saturated rings. The summed E-state index contributed by atoms with van der Waals surface area (Å²) in [5, 5.41) is 14.7. The third-order valence-electron chi connectivity index (χ3n) is 3.41. The van der Waals surface area contributed by atoms with Crippen molar-refractivity contribution in [2.45, 2.75) is 32.4 Å². The van der Waals surface area contributed by atoms with Crippen LogP contribution in [-0.4, -0.2) is 17.1 Å². The zero-order chi connectivity index (χ0) is 13.1. The van der Waals surface area contributed by atoms with Crippen molar-refractivity contribution in [3.63, 3.8) is 0 Å². The minimum absolute atomic E-state index is 0.0822. The van der Waals surface area contributed by atoms with E-state index in [4.69, 9.17) is 10.9 Å². The summed E-state index contributed by atoms with van der Waals surface area (Å²) in [6, 6.07) is 5.11. The summed E-state index contributed by atoms with van der Waals surface area (Å²) < 4.78 is 13.8. The smallest absolute Gasteiger partial charge is 0.170 e. The fourth-order valence-corrected chi connectivity index (χ4v) is 2.23. The predicted molar refractivity (Wildman–Crippen MR) is 67.9 cm³/mol. The van der Waals surface area contributed by atoms with E-state index in [1.54, 1.807) is 12.1 Å². The molecule has 4 N–H and O–H groups in total. The van der Waals surface area contributed by atoms with Gasteiger partial charge in [-0.2, -0.15) is 0 Å². The molecule has 0 aromatic heterocycles. The Kier molecular flexibility index (Phi) is 3.81. The van der Waals surface area contributed by atoms with Crippen LogP contribution in [0.25, 0.3) is 0 Å². The van der Waals surface area contributed by atoms with E-state index in [0.717, 1.165) is 18.8 Å². The molecule has 98 valence electrons. The van der Waals surface area contributed by atoms with Crippen molar-refractivity contribution >= 4 is 5.84 Å². The second kappa shape index (κ2) is 5.35. The SMILES string of the molecule is CC1CC(NCc2ccc(/C(N)=N/O)cc2F)C1. The molecule has 0 amide bonds.